The fourth-order valence-corrected chi connectivity index (χ4v) is 2.14. The molecular weight excluding hydrogens is 292 g/mol. The van der Waals surface area contributed by atoms with Gasteiger partial charge in [0.15, 0.2) is 5.75 Å². The molecule has 0 aliphatic heterocycles. The van der Waals surface area contributed by atoms with E-state index in [1.54, 1.807) is 42.8 Å². The summed E-state index contributed by atoms with van der Waals surface area (Å²) in [5.74, 6) is 1.65. The zero-order chi connectivity index (χ0) is 16.1. The van der Waals surface area contributed by atoms with Gasteiger partial charge in [0, 0.05) is 25.6 Å². The van der Waals surface area contributed by atoms with Gasteiger partial charge in [-0.15, -0.1) is 0 Å². The Bertz CT molecular complexity index is 772. The fraction of sp³-hybridized carbons (Fsp3) is 0.118. The molecule has 0 aliphatic carbocycles. The molecule has 0 radical (unpaired) electrons. The molecule has 3 aromatic rings. The maximum atomic E-state index is 12.7. The van der Waals surface area contributed by atoms with Gasteiger partial charge in [-0.2, -0.15) is 0 Å². The zero-order valence-corrected chi connectivity index (χ0v) is 12.6. The Morgan fingerprint density at radius 1 is 1.22 bits per heavy atom. The highest BCUT2D eigenvalue weighted by molar-refractivity contribution is 5.96. The van der Waals surface area contributed by atoms with Crippen molar-refractivity contribution in [3.63, 3.8) is 0 Å². The lowest BCUT2D eigenvalue weighted by atomic mass is 10.2. The van der Waals surface area contributed by atoms with Gasteiger partial charge in [0.2, 0.25) is 0 Å². The number of carbonyl (C=O) groups excluding carboxylic acids is 1. The van der Waals surface area contributed by atoms with Crippen LogP contribution in [0.5, 0.6) is 11.5 Å². The summed E-state index contributed by atoms with van der Waals surface area (Å²) in [5, 5.41) is 0. The first kappa shape index (κ1) is 14.8. The first-order valence-corrected chi connectivity index (χ1v) is 7.14. The molecule has 2 aromatic heterocycles. The summed E-state index contributed by atoms with van der Waals surface area (Å²) in [4.78, 5) is 25.4. The lowest BCUT2D eigenvalue weighted by molar-refractivity contribution is 0.0779. The molecular formula is C17H16N4O2. The number of hydrogen-bond donors (Lipinski definition) is 1. The van der Waals surface area contributed by atoms with E-state index in [-0.39, 0.29) is 5.91 Å². The molecule has 0 unspecified atom stereocenters. The molecule has 23 heavy (non-hydrogen) atoms. The van der Waals surface area contributed by atoms with E-state index in [2.05, 4.69) is 15.0 Å². The van der Waals surface area contributed by atoms with E-state index in [1.165, 1.54) is 0 Å². The van der Waals surface area contributed by atoms with E-state index in [1.807, 2.05) is 30.3 Å². The molecule has 1 N–H and O–H groups in total. The van der Waals surface area contributed by atoms with E-state index in [0.717, 1.165) is 5.82 Å². The normalized spacial score (nSPS) is 10.3. The third-order valence-corrected chi connectivity index (χ3v) is 3.27. The van der Waals surface area contributed by atoms with Crippen LogP contribution in [0.3, 0.4) is 0 Å². The summed E-state index contributed by atoms with van der Waals surface area (Å²) in [6.45, 7) is 0.388. The highest BCUT2D eigenvalue weighted by atomic mass is 16.5. The number of ether oxygens (including phenoxy) is 1. The monoisotopic (exact) mass is 308 g/mol. The van der Waals surface area contributed by atoms with E-state index >= 15 is 0 Å². The number of hydrogen-bond acceptors (Lipinski definition) is 4. The molecule has 1 amide bonds. The number of H-pyrrole nitrogens is 1. The second-order valence-corrected chi connectivity index (χ2v) is 4.98. The number of nitrogens with one attached hydrogen (secondary N) is 1. The molecule has 0 saturated heterocycles. The van der Waals surface area contributed by atoms with Gasteiger partial charge in [-0.25, -0.2) is 4.98 Å². The summed E-state index contributed by atoms with van der Waals surface area (Å²) in [5.41, 5.74) is 0.456. The van der Waals surface area contributed by atoms with Crippen LogP contribution in [-0.4, -0.2) is 32.8 Å². The highest BCUT2D eigenvalue weighted by Crippen LogP contribution is 2.25. The molecule has 0 aliphatic rings. The van der Waals surface area contributed by atoms with E-state index in [0.29, 0.717) is 23.6 Å². The van der Waals surface area contributed by atoms with E-state index in [9.17, 15) is 4.79 Å². The highest BCUT2D eigenvalue weighted by Gasteiger charge is 2.18. The van der Waals surface area contributed by atoms with Crippen molar-refractivity contribution in [1.82, 2.24) is 19.9 Å². The van der Waals surface area contributed by atoms with Crippen LogP contribution in [0, 0.1) is 0 Å². The maximum Gasteiger partial charge on any atom is 0.257 e. The number of aromatic amines is 1. The zero-order valence-electron chi connectivity index (χ0n) is 12.6. The summed E-state index contributed by atoms with van der Waals surface area (Å²) < 4.78 is 5.78. The third kappa shape index (κ3) is 3.55. The minimum Gasteiger partial charge on any atom is -0.455 e. The largest absolute Gasteiger partial charge is 0.455 e. The third-order valence-electron chi connectivity index (χ3n) is 3.27. The minimum absolute atomic E-state index is 0.158. The Hall–Kier alpha value is -3.15. The van der Waals surface area contributed by atoms with Crippen LogP contribution in [0.25, 0.3) is 0 Å². The molecule has 6 nitrogen and oxygen atoms in total. The molecule has 0 fully saturated rings. The smallest absolute Gasteiger partial charge is 0.257 e. The van der Waals surface area contributed by atoms with Gasteiger partial charge in [-0.3, -0.25) is 9.78 Å². The first-order chi connectivity index (χ1) is 11.2. The van der Waals surface area contributed by atoms with Crippen molar-refractivity contribution < 1.29 is 9.53 Å². The number of benzene rings is 1. The summed E-state index contributed by atoms with van der Waals surface area (Å²) in [7, 11) is 1.72. The van der Waals surface area contributed by atoms with Gasteiger partial charge in [0.1, 0.15) is 11.6 Å². The molecule has 0 saturated carbocycles. The number of rotatable bonds is 5. The van der Waals surface area contributed by atoms with Gasteiger partial charge < -0.3 is 14.6 Å². The van der Waals surface area contributed by atoms with Crippen LogP contribution < -0.4 is 4.74 Å². The van der Waals surface area contributed by atoms with Crippen molar-refractivity contribution in [2.45, 2.75) is 6.54 Å². The Morgan fingerprint density at radius 3 is 2.78 bits per heavy atom. The molecule has 0 atom stereocenters. The summed E-state index contributed by atoms with van der Waals surface area (Å²) in [6, 6.07) is 11.0. The molecule has 116 valence electrons. The van der Waals surface area contributed by atoms with Crippen LogP contribution in [0.4, 0.5) is 0 Å². The average molecular weight is 308 g/mol. The predicted octanol–water partition coefficient (Wildman–Crippen LogP) is 2.87. The summed E-state index contributed by atoms with van der Waals surface area (Å²) >= 11 is 0. The van der Waals surface area contributed by atoms with Gasteiger partial charge >= 0.3 is 0 Å². The average Bonchev–Trinajstić information content (AvgIpc) is 3.08. The van der Waals surface area contributed by atoms with E-state index < -0.39 is 0 Å². The molecule has 6 heteroatoms. The number of pyridine rings is 1. The van der Waals surface area contributed by atoms with Crippen LogP contribution in [0.2, 0.25) is 0 Å². The topological polar surface area (TPSA) is 71.1 Å². The van der Waals surface area contributed by atoms with Gasteiger partial charge in [0.05, 0.1) is 18.3 Å². The Labute approximate surface area is 133 Å². The van der Waals surface area contributed by atoms with Gasteiger partial charge in [0.25, 0.3) is 5.91 Å². The lowest BCUT2D eigenvalue weighted by Crippen LogP contribution is -2.27. The molecule has 1 aromatic carbocycles. The number of para-hydroxylation sites is 1. The van der Waals surface area contributed by atoms with Gasteiger partial charge in [-0.05, 0) is 18.2 Å². The number of nitrogens with zero attached hydrogens (tertiary/aromatic N) is 3. The molecule has 0 spiro atoms. The van der Waals surface area contributed by atoms with E-state index in [4.69, 9.17) is 4.74 Å². The predicted molar refractivity (Wildman–Crippen MR) is 85.1 cm³/mol. The molecule has 3 rings (SSSR count). The second-order valence-electron chi connectivity index (χ2n) is 4.98. The van der Waals surface area contributed by atoms with Crippen molar-refractivity contribution in [1.29, 1.82) is 0 Å². The van der Waals surface area contributed by atoms with Gasteiger partial charge in [-0.1, -0.05) is 18.2 Å². The second kappa shape index (κ2) is 6.74. The van der Waals surface area contributed by atoms with Crippen LogP contribution in [-0.2, 0) is 6.54 Å². The number of imidazole rings is 1. The first-order valence-electron chi connectivity index (χ1n) is 7.14. The van der Waals surface area contributed by atoms with Crippen LogP contribution in [0.1, 0.15) is 16.2 Å². The van der Waals surface area contributed by atoms with Crippen molar-refractivity contribution in [2.24, 2.45) is 0 Å². The molecule has 0 bridgehead atoms. The van der Waals surface area contributed by atoms with Crippen molar-refractivity contribution in [2.75, 3.05) is 7.05 Å². The van der Waals surface area contributed by atoms with Crippen molar-refractivity contribution >= 4 is 5.91 Å². The standard InChI is InChI=1S/C17H16N4O2/c1-21(12-16-19-9-10-20-16)17(22)14-7-8-18-11-15(14)23-13-5-3-2-4-6-13/h2-11H,12H2,1H3,(H,19,20). The number of carbonyl (C=O) groups is 1. The Morgan fingerprint density at radius 2 is 2.04 bits per heavy atom. The summed E-state index contributed by atoms with van der Waals surface area (Å²) in [6.07, 6.45) is 6.50. The Kier molecular flexibility index (Phi) is 4.33. The van der Waals surface area contributed by atoms with Crippen molar-refractivity contribution in [3.8, 4) is 11.5 Å². The van der Waals surface area contributed by atoms with Crippen LogP contribution in [0.15, 0.2) is 61.2 Å². The maximum absolute atomic E-state index is 12.7. The lowest BCUT2D eigenvalue weighted by Gasteiger charge is -2.17. The van der Waals surface area contributed by atoms with Crippen molar-refractivity contribution in [3.05, 3.63) is 72.6 Å². The number of aromatic nitrogens is 3. The SMILES string of the molecule is CN(Cc1ncc[nH]1)C(=O)c1ccncc1Oc1ccccc1. The van der Waals surface area contributed by atoms with Crippen LogP contribution >= 0.6 is 0 Å². The molecule has 2 heterocycles. The fourth-order valence-electron chi connectivity index (χ4n) is 2.14. The quantitative estimate of drug-likeness (QED) is 0.786. The minimum atomic E-state index is -0.158. The number of amides is 1. The Balaban J connectivity index is 1.80.